The zero-order valence-electron chi connectivity index (χ0n) is 23.1. The summed E-state index contributed by atoms with van der Waals surface area (Å²) in [6.45, 7) is 4.26. The van der Waals surface area contributed by atoms with E-state index in [1.165, 1.54) is 0 Å². The Morgan fingerprint density at radius 2 is 1.76 bits per heavy atom. The highest BCUT2D eigenvalue weighted by molar-refractivity contribution is 5.92. The van der Waals surface area contributed by atoms with Crippen LogP contribution in [0.5, 0.6) is 0 Å². The van der Waals surface area contributed by atoms with Gasteiger partial charge in [-0.1, -0.05) is 24.3 Å². The number of fused-ring (bicyclic) bond motifs is 2. The number of benzene rings is 2. The molecule has 12 heteroatoms. The van der Waals surface area contributed by atoms with Crippen LogP contribution < -0.4 is 16.4 Å². The molecule has 12 nitrogen and oxygen atoms in total. The average Bonchev–Trinajstić information content (AvgIpc) is 3.36. The van der Waals surface area contributed by atoms with Gasteiger partial charge in [-0.3, -0.25) is 9.78 Å². The quantitative estimate of drug-likeness (QED) is 0.437. The molecule has 2 aromatic carbocycles. The lowest BCUT2D eigenvalue weighted by Gasteiger charge is -2.41. The molecule has 0 spiro atoms. The molecule has 2 fully saturated rings. The minimum Gasteiger partial charge on any atom is -0.408 e. The molecule has 1 unspecified atom stereocenters. The second kappa shape index (κ2) is 11.3. The minimum atomic E-state index is -0.767. The molecule has 41 heavy (non-hydrogen) atoms. The first kappa shape index (κ1) is 26.9. The van der Waals surface area contributed by atoms with Crippen molar-refractivity contribution in [3.63, 3.8) is 0 Å². The van der Waals surface area contributed by atoms with Crippen molar-refractivity contribution in [3.8, 4) is 0 Å². The lowest BCUT2D eigenvalue weighted by Crippen LogP contribution is -2.58. The number of nitrogens with zero attached hydrogens (tertiary/aromatic N) is 4. The topological polar surface area (TPSA) is 134 Å². The van der Waals surface area contributed by atoms with Crippen LogP contribution in [0, 0.1) is 0 Å². The molecule has 3 N–H and O–H groups in total. The number of nitrogens with one attached hydrogen (secondary N) is 3. The lowest BCUT2D eigenvalue weighted by molar-refractivity contribution is -0.134. The molecule has 3 aromatic rings. The van der Waals surface area contributed by atoms with Crippen LogP contribution in [-0.2, 0) is 17.8 Å². The summed E-state index contributed by atoms with van der Waals surface area (Å²) < 4.78 is 5.20. The van der Waals surface area contributed by atoms with Gasteiger partial charge in [-0.05, 0) is 49.2 Å². The van der Waals surface area contributed by atoms with E-state index in [2.05, 4.69) is 20.5 Å². The third-order valence-electron chi connectivity index (χ3n) is 8.39. The van der Waals surface area contributed by atoms with Gasteiger partial charge in [0.15, 0.2) is 5.58 Å². The summed E-state index contributed by atoms with van der Waals surface area (Å²) in [7, 11) is 2.02. The van der Waals surface area contributed by atoms with E-state index >= 15 is 0 Å². The van der Waals surface area contributed by atoms with Gasteiger partial charge in [0, 0.05) is 64.0 Å². The number of piperazine rings is 1. The number of aromatic nitrogens is 1. The minimum absolute atomic E-state index is 0.0258. The average molecular weight is 562 g/mol. The maximum atomic E-state index is 13.6. The summed E-state index contributed by atoms with van der Waals surface area (Å²) in [6.07, 6.45) is 1.58. The summed E-state index contributed by atoms with van der Waals surface area (Å²) >= 11 is 0. The molecule has 0 radical (unpaired) electrons. The molecule has 3 aliphatic heterocycles. The summed E-state index contributed by atoms with van der Waals surface area (Å²) in [5.41, 5.74) is 3.70. The van der Waals surface area contributed by atoms with Crippen molar-refractivity contribution in [1.29, 1.82) is 0 Å². The molecular formula is C29H35N7O5. The first-order chi connectivity index (χ1) is 19.8. The number of anilines is 1. The Morgan fingerprint density at radius 1 is 1.00 bits per heavy atom. The van der Waals surface area contributed by atoms with Gasteiger partial charge in [-0.15, -0.1) is 0 Å². The van der Waals surface area contributed by atoms with Gasteiger partial charge in [-0.2, -0.15) is 0 Å². The summed E-state index contributed by atoms with van der Waals surface area (Å²) in [4.78, 5) is 61.6. The first-order valence-corrected chi connectivity index (χ1v) is 14.1. The Kier molecular flexibility index (Phi) is 7.39. The van der Waals surface area contributed by atoms with Crippen molar-refractivity contribution in [3.05, 3.63) is 64.1 Å². The highest BCUT2D eigenvalue weighted by Crippen LogP contribution is 2.27. The summed E-state index contributed by atoms with van der Waals surface area (Å²) in [5, 5.41) is 5.97. The predicted octanol–water partition coefficient (Wildman–Crippen LogP) is 2.03. The van der Waals surface area contributed by atoms with Crippen molar-refractivity contribution in [2.75, 3.05) is 51.6 Å². The highest BCUT2D eigenvalue weighted by Gasteiger charge is 2.34. The first-order valence-electron chi connectivity index (χ1n) is 14.1. The molecule has 2 saturated heterocycles. The molecule has 6 rings (SSSR count). The standard InChI is InChI=1S/C29H35N7O5/c1-33-12-14-34(15-13-33)26(37)24(16-19-6-7-23-25(17-19)41-29(40)32-23)31-27(38)35-10-8-21(9-11-35)36-18-20-4-2-3-5-22(20)30-28(36)39/h2-7,17,21,24H,8-16,18H2,1H3,(H,30,39)(H,31,38)(H,32,40). The van der Waals surface area contributed by atoms with E-state index in [0.717, 1.165) is 29.9 Å². The number of amides is 5. The Labute approximate surface area is 237 Å². The number of H-pyrrole nitrogens is 1. The van der Waals surface area contributed by atoms with E-state index < -0.39 is 11.8 Å². The van der Waals surface area contributed by atoms with E-state index in [-0.39, 0.29) is 30.4 Å². The van der Waals surface area contributed by atoms with E-state index in [0.29, 0.717) is 56.7 Å². The maximum Gasteiger partial charge on any atom is 0.417 e. The van der Waals surface area contributed by atoms with E-state index in [1.54, 1.807) is 21.9 Å². The largest absolute Gasteiger partial charge is 0.417 e. The van der Waals surface area contributed by atoms with Crippen LogP contribution in [0.15, 0.2) is 51.7 Å². The Morgan fingerprint density at radius 3 is 2.54 bits per heavy atom. The molecule has 0 aliphatic carbocycles. The zero-order valence-corrected chi connectivity index (χ0v) is 23.1. The monoisotopic (exact) mass is 561 g/mol. The number of carbonyl (C=O) groups is 3. The van der Waals surface area contributed by atoms with Crippen molar-refractivity contribution < 1.29 is 18.8 Å². The number of likely N-dealkylation sites (tertiary alicyclic amines) is 1. The van der Waals surface area contributed by atoms with Crippen molar-refractivity contribution in [2.24, 2.45) is 0 Å². The number of likely N-dealkylation sites (N-methyl/N-ethyl adjacent to an activating group) is 1. The van der Waals surface area contributed by atoms with E-state index in [4.69, 9.17) is 4.42 Å². The van der Waals surface area contributed by atoms with Crippen LogP contribution in [0.25, 0.3) is 11.1 Å². The van der Waals surface area contributed by atoms with Gasteiger partial charge >= 0.3 is 17.8 Å². The van der Waals surface area contributed by atoms with Crippen LogP contribution in [0.4, 0.5) is 15.3 Å². The smallest absolute Gasteiger partial charge is 0.408 e. The van der Waals surface area contributed by atoms with Gasteiger partial charge in [0.1, 0.15) is 6.04 Å². The summed E-state index contributed by atoms with van der Waals surface area (Å²) in [6, 6.07) is 12.0. The molecule has 216 valence electrons. The molecule has 1 atom stereocenters. The van der Waals surface area contributed by atoms with Crippen LogP contribution >= 0.6 is 0 Å². The fourth-order valence-corrected chi connectivity index (χ4v) is 5.94. The van der Waals surface area contributed by atoms with Crippen molar-refractivity contribution in [1.82, 2.24) is 29.9 Å². The number of aromatic amines is 1. The number of para-hydroxylation sites is 1. The van der Waals surface area contributed by atoms with Crippen molar-refractivity contribution in [2.45, 2.75) is 37.9 Å². The van der Waals surface area contributed by atoms with Gasteiger partial charge in [0.25, 0.3) is 0 Å². The van der Waals surface area contributed by atoms with E-state index in [1.807, 2.05) is 42.3 Å². The second-order valence-electron chi connectivity index (χ2n) is 11.1. The number of piperidine rings is 1. The van der Waals surface area contributed by atoms with Crippen LogP contribution in [0.3, 0.4) is 0 Å². The summed E-state index contributed by atoms with van der Waals surface area (Å²) in [5.74, 6) is -0.661. The third-order valence-corrected chi connectivity index (χ3v) is 8.39. The number of urea groups is 2. The maximum absolute atomic E-state index is 13.6. The molecule has 1 aromatic heterocycles. The molecule has 3 aliphatic rings. The Bertz CT molecular complexity index is 1500. The molecule has 0 bridgehead atoms. The van der Waals surface area contributed by atoms with Crippen LogP contribution in [0.2, 0.25) is 0 Å². The fraction of sp³-hybridized carbons (Fsp3) is 0.448. The van der Waals surface area contributed by atoms with Gasteiger partial charge in [-0.25, -0.2) is 14.4 Å². The number of rotatable bonds is 5. The predicted molar refractivity (Wildman–Crippen MR) is 153 cm³/mol. The van der Waals surface area contributed by atoms with Crippen LogP contribution in [0.1, 0.15) is 24.0 Å². The normalized spacial score (nSPS) is 19.1. The van der Waals surface area contributed by atoms with Gasteiger partial charge in [0.05, 0.1) is 5.52 Å². The number of oxazole rings is 1. The van der Waals surface area contributed by atoms with E-state index in [9.17, 15) is 19.2 Å². The molecular weight excluding hydrogens is 526 g/mol. The number of hydrogen-bond donors (Lipinski definition) is 3. The number of hydrogen-bond acceptors (Lipinski definition) is 6. The van der Waals surface area contributed by atoms with Gasteiger partial charge < -0.3 is 34.7 Å². The Balaban J connectivity index is 1.12. The van der Waals surface area contributed by atoms with Crippen molar-refractivity contribution >= 4 is 34.8 Å². The third kappa shape index (κ3) is 5.78. The Hall–Kier alpha value is -4.32. The lowest BCUT2D eigenvalue weighted by atomic mass is 10.0. The fourth-order valence-electron chi connectivity index (χ4n) is 5.94. The molecule has 5 amide bonds. The highest BCUT2D eigenvalue weighted by atomic mass is 16.4. The number of carbonyl (C=O) groups excluding carboxylic acids is 3. The molecule has 4 heterocycles. The molecule has 0 saturated carbocycles. The van der Waals surface area contributed by atoms with Crippen LogP contribution in [-0.4, -0.2) is 101 Å². The SMILES string of the molecule is CN1CCN(C(=O)C(Cc2ccc3[nH]c(=O)oc3c2)NC(=O)N2CCC(N3Cc4ccccc4NC3=O)CC2)CC1. The van der Waals surface area contributed by atoms with Gasteiger partial charge in [0.2, 0.25) is 5.91 Å². The zero-order chi connectivity index (χ0) is 28.5. The second-order valence-corrected chi connectivity index (χ2v) is 11.1.